The van der Waals surface area contributed by atoms with Crippen LogP contribution in [0.15, 0.2) is 0 Å². The van der Waals surface area contributed by atoms with Crippen molar-refractivity contribution in [2.75, 3.05) is 13.1 Å². The second-order valence-electron chi connectivity index (χ2n) is 7.97. The van der Waals surface area contributed by atoms with Crippen molar-refractivity contribution in [3.63, 3.8) is 0 Å². The summed E-state index contributed by atoms with van der Waals surface area (Å²) in [6, 6.07) is 0. The van der Waals surface area contributed by atoms with Gasteiger partial charge in [0, 0.05) is 30.2 Å². The Morgan fingerprint density at radius 3 is 2.59 bits per heavy atom. The molecule has 0 amide bonds. The van der Waals surface area contributed by atoms with E-state index < -0.39 is 0 Å². The Morgan fingerprint density at radius 1 is 1.23 bits per heavy atom. The maximum atomic E-state index is 12.8. The van der Waals surface area contributed by atoms with Crippen LogP contribution in [0.25, 0.3) is 0 Å². The van der Waals surface area contributed by atoms with E-state index in [9.17, 15) is 9.59 Å². The van der Waals surface area contributed by atoms with Gasteiger partial charge in [0.2, 0.25) is 0 Å². The molecule has 4 heteroatoms. The molecule has 4 aliphatic rings. The molecule has 4 fully saturated rings. The van der Waals surface area contributed by atoms with Crippen LogP contribution in [0.5, 0.6) is 0 Å². The SMILES string of the molecule is CC(=O)O[C@@H]1C[C@@H]2C(=O)[C@@H](C)C[C@]34[C@@H]2CCCN3CCC[C@H]14. The van der Waals surface area contributed by atoms with E-state index >= 15 is 0 Å². The van der Waals surface area contributed by atoms with Crippen molar-refractivity contribution < 1.29 is 14.3 Å². The molecule has 0 aromatic heterocycles. The molecule has 122 valence electrons. The monoisotopic (exact) mass is 305 g/mol. The maximum absolute atomic E-state index is 12.8. The lowest BCUT2D eigenvalue weighted by Crippen LogP contribution is -2.73. The first-order valence-electron chi connectivity index (χ1n) is 9.00. The van der Waals surface area contributed by atoms with E-state index in [4.69, 9.17) is 4.74 Å². The van der Waals surface area contributed by atoms with E-state index in [1.807, 2.05) is 0 Å². The predicted molar refractivity (Wildman–Crippen MR) is 82.2 cm³/mol. The third-order valence-corrected chi connectivity index (χ3v) is 6.98. The Bertz CT molecular complexity index is 503. The fraction of sp³-hybridized carbons (Fsp3) is 0.889. The number of nitrogens with zero attached hydrogens (tertiary/aromatic N) is 1. The molecule has 0 unspecified atom stereocenters. The van der Waals surface area contributed by atoms with Crippen molar-refractivity contribution in [3.05, 3.63) is 0 Å². The third kappa shape index (κ3) is 1.85. The average Bonchev–Trinajstić information content (AvgIpc) is 2.47. The summed E-state index contributed by atoms with van der Waals surface area (Å²) < 4.78 is 5.72. The molecule has 1 spiro atoms. The van der Waals surface area contributed by atoms with Crippen LogP contribution in [-0.4, -0.2) is 41.4 Å². The lowest BCUT2D eigenvalue weighted by atomic mass is 9.48. The molecule has 2 saturated heterocycles. The van der Waals surface area contributed by atoms with Crippen LogP contribution < -0.4 is 0 Å². The van der Waals surface area contributed by atoms with E-state index in [-0.39, 0.29) is 29.4 Å². The van der Waals surface area contributed by atoms with Crippen LogP contribution >= 0.6 is 0 Å². The second-order valence-corrected chi connectivity index (χ2v) is 7.97. The minimum absolute atomic E-state index is 0.0453. The fourth-order valence-corrected chi connectivity index (χ4v) is 6.46. The Morgan fingerprint density at radius 2 is 1.91 bits per heavy atom. The number of carbonyl (C=O) groups excluding carboxylic acids is 2. The van der Waals surface area contributed by atoms with Crippen LogP contribution in [0.2, 0.25) is 0 Å². The minimum atomic E-state index is -0.189. The molecule has 0 aromatic carbocycles. The molecule has 0 radical (unpaired) electrons. The summed E-state index contributed by atoms with van der Waals surface area (Å²) in [5, 5.41) is 0. The number of hydrogen-bond donors (Lipinski definition) is 0. The van der Waals surface area contributed by atoms with Gasteiger partial charge in [-0.05, 0) is 57.5 Å². The number of esters is 1. The summed E-state index contributed by atoms with van der Waals surface area (Å²) in [7, 11) is 0. The van der Waals surface area contributed by atoms with Crippen molar-refractivity contribution in [3.8, 4) is 0 Å². The number of piperidine rings is 2. The summed E-state index contributed by atoms with van der Waals surface area (Å²) in [4.78, 5) is 27.0. The van der Waals surface area contributed by atoms with Crippen molar-refractivity contribution in [2.45, 2.75) is 64.0 Å². The standard InChI is InChI=1S/C18H27NO3/c1-11-10-18-14-5-3-7-19(18)8-4-6-15(18)16(22-12(2)20)9-13(14)17(11)21/h11,13-16H,3-10H2,1-2H3/t11-,13-,14+,15+,16+,18+/m0/s1. The van der Waals surface area contributed by atoms with Crippen LogP contribution in [0.3, 0.4) is 0 Å². The van der Waals surface area contributed by atoms with Gasteiger partial charge in [-0.2, -0.15) is 0 Å². The van der Waals surface area contributed by atoms with Gasteiger partial charge in [0.25, 0.3) is 0 Å². The highest BCUT2D eigenvalue weighted by atomic mass is 16.5. The third-order valence-electron chi connectivity index (χ3n) is 6.98. The first kappa shape index (κ1) is 14.7. The molecule has 0 aromatic rings. The summed E-state index contributed by atoms with van der Waals surface area (Å²) in [6.45, 7) is 5.94. The molecular weight excluding hydrogens is 278 g/mol. The molecule has 2 heterocycles. The Hall–Kier alpha value is -0.900. The zero-order valence-corrected chi connectivity index (χ0v) is 13.7. The first-order valence-corrected chi connectivity index (χ1v) is 9.00. The van der Waals surface area contributed by atoms with Crippen LogP contribution in [0, 0.1) is 23.7 Å². The van der Waals surface area contributed by atoms with Gasteiger partial charge in [0.15, 0.2) is 0 Å². The van der Waals surface area contributed by atoms with Crippen LogP contribution in [-0.2, 0) is 14.3 Å². The Balaban J connectivity index is 1.78. The highest BCUT2D eigenvalue weighted by Gasteiger charge is 2.65. The van der Waals surface area contributed by atoms with Crippen LogP contribution in [0.4, 0.5) is 0 Å². The van der Waals surface area contributed by atoms with E-state index in [1.54, 1.807) is 0 Å². The van der Waals surface area contributed by atoms with Gasteiger partial charge in [-0.3, -0.25) is 14.5 Å². The summed E-state index contributed by atoms with van der Waals surface area (Å²) in [5.74, 6) is 1.46. The number of ketones is 1. The summed E-state index contributed by atoms with van der Waals surface area (Å²) in [5.41, 5.74) is 0.132. The Labute approximate surface area is 132 Å². The second kappa shape index (κ2) is 5.05. The molecule has 0 N–H and O–H groups in total. The smallest absolute Gasteiger partial charge is 0.302 e. The minimum Gasteiger partial charge on any atom is -0.462 e. The van der Waals surface area contributed by atoms with E-state index in [2.05, 4.69) is 11.8 Å². The molecule has 6 atom stereocenters. The molecule has 2 saturated carbocycles. The largest absolute Gasteiger partial charge is 0.462 e. The molecule has 2 bridgehead atoms. The maximum Gasteiger partial charge on any atom is 0.302 e. The number of rotatable bonds is 1. The van der Waals surface area contributed by atoms with Gasteiger partial charge in [-0.1, -0.05) is 6.92 Å². The van der Waals surface area contributed by atoms with Gasteiger partial charge >= 0.3 is 5.97 Å². The first-order chi connectivity index (χ1) is 10.5. The van der Waals surface area contributed by atoms with Crippen molar-refractivity contribution >= 4 is 11.8 Å². The number of hydrogen-bond acceptors (Lipinski definition) is 4. The summed E-state index contributed by atoms with van der Waals surface area (Å²) >= 11 is 0. The summed E-state index contributed by atoms with van der Waals surface area (Å²) in [6.07, 6.45) is 6.46. The number of Topliss-reactive ketones (excluding diaryl/α,β-unsaturated/α-hetero) is 1. The van der Waals surface area contributed by atoms with Gasteiger partial charge < -0.3 is 4.74 Å². The molecule has 2 aliphatic heterocycles. The van der Waals surface area contributed by atoms with Gasteiger partial charge in [0.05, 0.1) is 0 Å². The number of carbonyl (C=O) groups is 2. The Kier molecular flexibility index (Phi) is 3.37. The average molecular weight is 305 g/mol. The van der Waals surface area contributed by atoms with Gasteiger partial charge in [-0.15, -0.1) is 0 Å². The quantitative estimate of drug-likeness (QED) is 0.698. The molecule has 4 rings (SSSR count). The zero-order chi connectivity index (χ0) is 15.5. The van der Waals surface area contributed by atoms with Gasteiger partial charge in [0.1, 0.15) is 11.9 Å². The predicted octanol–water partition coefficient (Wildman–Crippen LogP) is 2.41. The van der Waals surface area contributed by atoms with Gasteiger partial charge in [-0.25, -0.2) is 0 Å². The normalized spacial score (nSPS) is 47.7. The molecule has 2 aliphatic carbocycles. The lowest BCUT2D eigenvalue weighted by molar-refractivity contribution is -0.206. The van der Waals surface area contributed by atoms with Crippen LogP contribution in [0.1, 0.15) is 52.4 Å². The molecule has 4 nitrogen and oxygen atoms in total. The fourth-order valence-electron chi connectivity index (χ4n) is 6.46. The zero-order valence-electron chi connectivity index (χ0n) is 13.7. The highest BCUT2D eigenvalue weighted by Crippen LogP contribution is 2.59. The highest BCUT2D eigenvalue weighted by molar-refractivity contribution is 5.85. The molecular formula is C18H27NO3. The number of ether oxygens (including phenoxy) is 1. The van der Waals surface area contributed by atoms with Crippen molar-refractivity contribution in [1.82, 2.24) is 4.90 Å². The van der Waals surface area contributed by atoms with E-state index in [1.165, 1.54) is 26.2 Å². The lowest BCUT2D eigenvalue weighted by Gasteiger charge is -2.67. The van der Waals surface area contributed by atoms with E-state index in [0.717, 1.165) is 32.4 Å². The molecule has 22 heavy (non-hydrogen) atoms. The van der Waals surface area contributed by atoms with Crippen molar-refractivity contribution in [2.24, 2.45) is 23.7 Å². The topological polar surface area (TPSA) is 46.6 Å². The van der Waals surface area contributed by atoms with Crippen molar-refractivity contribution in [1.29, 1.82) is 0 Å². The van der Waals surface area contributed by atoms with E-state index in [0.29, 0.717) is 17.6 Å².